The van der Waals surface area contributed by atoms with E-state index in [-0.39, 0.29) is 42.1 Å². The van der Waals surface area contributed by atoms with Crippen molar-refractivity contribution in [2.45, 2.75) is 38.5 Å². The number of nitrogens with two attached hydrogens (primary N) is 2. The number of carbonyl (C=O) groups excluding carboxylic acids is 1. The molecule has 13 N–H and O–H groups in total. The molecule has 0 unspecified atom stereocenters. The number of amides is 1. The Kier molecular flexibility index (Phi) is 18.8. The third-order valence-corrected chi connectivity index (χ3v) is 6.75. The first kappa shape index (κ1) is 39.5. The van der Waals surface area contributed by atoms with Crippen molar-refractivity contribution in [1.29, 1.82) is 0 Å². The highest BCUT2D eigenvalue weighted by molar-refractivity contribution is 6.30. The van der Waals surface area contributed by atoms with Crippen molar-refractivity contribution >= 4 is 59.1 Å². The lowest BCUT2D eigenvalue weighted by atomic mass is 10.1. The minimum atomic E-state index is -0.336. The van der Waals surface area contributed by atoms with Gasteiger partial charge >= 0.3 is 0 Å². The number of phenolic OH excluding ortho intramolecular Hbond substituents is 1. The van der Waals surface area contributed by atoms with E-state index in [1.165, 1.54) is 26.9 Å². The largest absolute Gasteiger partial charge is 0.506 e. The number of hydrogen-bond acceptors (Lipinski definition) is 12. The summed E-state index contributed by atoms with van der Waals surface area (Å²) in [6, 6.07) is 11.5. The molecule has 1 aromatic heterocycles. The molecule has 43 heavy (non-hydrogen) atoms. The summed E-state index contributed by atoms with van der Waals surface area (Å²) in [5.74, 6) is 1.40. The molecule has 248 valence electrons. The second kappa shape index (κ2) is 20.4. The number of nitrogens with zero attached hydrogens (tertiary/aromatic N) is 5. The molecule has 2 saturated heterocycles. The second-order valence-corrected chi connectivity index (χ2v) is 9.61. The lowest BCUT2D eigenvalue weighted by Crippen LogP contribution is -2.34. The van der Waals surface area contributed by atoms with E-state index >= 15 is 0 Å². The summed E-state index contributed by atoms with van der Waals surface area (Å²) in [5.41, 5.74) is 10.4. The third-order valence-electron chi connectivity index (χ3n) is 6.50. The fourth-order valence-electron chi connectivity index (χ4n) is 4.52. The van der Waals surface area contributed by atoms with Crippen LogP contribution < -0.4 is 44.2 Å². The molecule has 0 bridgehead atoms. The number of hydrogen-bond donors (Lipinski definition) is 7. The van der Waals surface area contributed by atoms with E-state index in [0.717, 1.165) is 51.9 Å². The SMILES string of the molecule is CN.CN.Cl.N.N.O=C(Nc1ccc(Nc2nc(N3CCCCC3)nc(N3CCCCC3)n2)cc1O)c1ccc(Cl)cc1.[HH].[HH].[HH].[HH]. The minimum Gasteiger partial charge on any atom is -0.506 e. The molecule has 15 heteroatoms. The molecule has 2 aliphatic rings. The highest BCUT2D eigenvalue weighted by Crippen LogP contribution is 2.30. The monoisotopic (exact) mass is 647 g/mol. The molecule has 13 nitrogen and oxygen atoms in total. The normalized spacial score (nSPS) is 13.7. The van der Waals surface area contributed by atoms with Crippen molar-refractivity contribution in [3.8, 4) is 5.75 Å². The van der Waals surface area contributed by atoms with Gasteiger partial charge in [-0.2, -0.15) is 15.0 Å². The summed E-state index contributed by atoms with van der Waals surface area (Å²) >= 11 is 5.90. The average molecular weight is 649 g/mol. The van der Waals surface area contributed by atoms with Crippen LogP contribution >= 0.6 is 24.0 Å². The van der Waals surface area contributed by atoms with Gasteiger partial charge in [0.25, 0.3) is 5.91 Å². The van der Waals surface area contributed by atoms with Crippen LogP contribution in [0.1, 0.15) is 54.6 Å². The molecule has 0 radical (unpaired) electrons. The van der Waals surface area contributed by atoms with Gasteiger partial charge in [-0.15, -0.1) is 12.4 Å². The molecule has 0 atom stereocenters. The van der Waals surface area contributed by atoms with Gasteiger partial charge in [0.15, 0.2) is 0 Å². The topological polar surface area (TPSA) is 229 Å². The number of nitrogens with one attached hydrogen (secondary N) is 2. The maximum absolute atomic E-state index is 12.5. The molecule has 0 spiro atoms. The van der Waals surface area contributed by atoms with E-state index in [0.29, 0.717) is 39.8 Å². The Morgan fingerprint density at radius 3 is 1.77 bits per heavy atom. The average Bonchev–Trinajstić information content (AvgIpc) is 3.01. The first-order valence-corrected chi connectivity index (χ1v) is 14.0. The maximum Gasteiger partial charge on any atom is 0.255 e. The van der Waals surface area contributed by atoms with Crippen molar-refractivity contribution < 1.29 is 15.6 Å². The molecule has 1 amide bonds. The van der Waals surface area contributed by atoms with Gasteiger partial charge in [0.05, 0.1) is 5.69 Å². The van der Waals surface area contributed by atoms with Crippen LogP contribution in [0, 0.1) is 0 Å². The predicted molar refractivity (Wildman–Crippen MR) is 189 cm³/mol. The summed E-state index contributed by atoms with van der Waals surface area (Å²) < 4.78 is 0. The van der Waals surface area contributed by atoms with Crippen molar-refractivity contribution in [3.63, 3.8) is 0 Å². The second-order valence-electron chi connectivity index (χ2n) is 9.17. The molecule has 3 heterocycles. The molecule has 0 aliphatic carbocycles. The van der Waals surface area contributed by atoms with Crippen LogP contribution in [0.25, 0.3) is 0 Å². The van der Waals surface area contributed by atoms with E-state index in [9.17, 15) is 9.90 Å². The van der Waals surface area contributed by atoms with Crippen LogP contribution in [0.3, 0.4) is 0 Å². The number of carbonyl (C=O) groups is 1. The number of benzene rings is 2. The molecule has 0 saturated carbocycles. The van der Waals surface area contributed by atoms with Crippen LogP contribution in [0.5, 0.6) is 5.75 Å². The van der Waals surface area contributed by atoms with Crippen molar-refractivity contribution in [1.82, 2.24) is 27.3 Å². The zero-order valence-electron chi connectivity index (χ0n) is 25.1. The minimum absolute atomic E-state index is 0. The fourth-order valence-corrected chi connectivity index (χ4v) is 4.65. The Morgan fingerprint density at radius 1 is 0.814 bits per heavy atom. The van der Waals surface area contributed by atoms with E-state index in [2.05, 4.69) is 31.9 Å². The standard InChI is InChI=1S/C26H30ClN7O2.2CH5N.ClH.2H3N.4H2/c27-19-9-7-18(8-10-19)23(36)29-21-12-11-20(17-22(21)35)28-24-30-25(33-13-3-1-4-14-33)32-26(31-24)34-15-5-2-6-16-34;2*1-2;;;;;;;/h7-12,17,35H,1-6,13-16H2,(H,29,36)(H,28,30,31,32);2*2H2,1H3;1H;2*1H3;4*1H. The van der Waals surface area contributed by atoms with E-state index in [1.54, 1.807) is 42.5 Å². The number of aromatic nitrogens is 3. The molecule has 5 rings (SSSR count). The number of phenols is 1. The van der Waals surface area contributed by atoms with Crippen molar-refractivity contribution in [2.24, 2.45) is 11.5 Å². The quantitative estimate of drug-likeness (QED) is 0.151. The van der Waals surface area contributed by atoms with Crippen LogP contribution in [-0.4, -0.2) is 66.2 Å². The van der Waals surface area contributed by atoms with E-state index in [4.69, 9.17) is 26.6 Å². The van der Waals surface area contributed by atoms with Gasteiger partial charge in [0, 0.05) is 54.2 Å². The molecule has 2 aromatic carbocycles. The van der Waals surface area contributed by atoms with Gasteiger partial charge in [-0.25, -0.2) is 0 Å². The van der Waals surface area contributed by atoms with Crippen LogP contribution in [0.2, 0.25) is 5.02 Å². The molecule has 3 aromatic rings. The first-order chi connectivity index (χ1) is 19.5. The fraction of sp³-hybridized carbons (Fsp3) is 0.429. The van der Waals surface area contributed by atoms with Crippen LogP contribution in [0.4, 0.5) is 29.2 Å². The molecular formula is C28H55Cl2N11O2. The predicted octanol–water partition coefficient (Wildman–Crippen LogP) is 6.09. The number of halogens is 2. The summed E-state index contributed by atoms with van der Waals surface area (Å²) in [5, 5.41) is 17.1. The van der Waals surface area contributed by atoms with Crippen molar-refractivity contribution in [2.75, 3.05) is 60.7 Å². The lowest BCUT2D eigenvalue weighted by molar-refractivity contribution is 0.102. The summed E-state index contributed by atoms with van der Waals surface area (Å²) in [4.78, 5) is 31.2. The summed E-state index contributed by atoms with van der Waals surface area (Å²) in [7, 11) is 3.00. The van der Waals surface area contributed by atoms with E-state index in [1.807, 2.05) is 0 Å². The molecule has 2 fully saturated rings. The Hall–Kier alpha value is -3.46. The number of piperidine rings is 2. The number of anilines is 5. The van der Waals surface area contributed by atoms with Gasteiger partial charge < -0.3 is 49.3 Å². The van der Waals surface area contributed by atoms with Gasteiger partial charge in [0.2, 0.25) is 17.8 Å². The zero-order chi connectivity index (χ0) is 28.9. The van der Waals surface area contributed by atoms with Crippen LogP contribution in [-0.2, 0) is 0 Å². The summed E-state index contributed by atoms with van der Waals surface area (Å²) in [6.45, 7) is 3.74. The Morgan fingerprint density at radius 2 is 1.30 bits per heavy atom. The Labute approximate surface area is 271 Å². The van der Waals surface area contributed by atoms with E-state index < -0.39 is 0 Å². The van der Waals surface area contributed by atoms with Crippen molar-refractivity contribution in [3.05, 3.63) is 53.1 Å². The third kappa shape index (κ3) is 11.3. The Bertz CT molecular complexity index is 1210. The number of aromatic hydroxyl groups is 1. The van der Waals surface area contributed by atoms with Gasteiger partial charge in [-0.3, -0.25) is 4.79 Å². The van der Waals surface area contributed by atoms with Gasteiger partial charge in [0.1, 0.15) is 5.75 Å². The maximum atomic E-state index is 12.5. The van der Waals surface area contributed by atoms with Crippen LogP contribution in [0.15, 0.2) is 42.5 Å². The zero-order valence-corrected chi connectivity index (χ0v) is 26.6. The number of rotatable bonds is 6. The summed E-state index contributed by atoms with van der Waals surface area (Å²) in [6.07, 6.45) is 6.97. The van der Waals surface area contributed by atoms with Gasteiger partial charge in [-0.1, -0.05) is 11.6 Å². The smallest absolute Gasteiger partial charge is 0.255 e. The molecular weight excluding hydrogens is 593 g/mol. The lowest BCUT2D eigenvalue weighted by Gasteiger charge is -2.30. The Balaban J connectivity index is -0.000000515. The highest BCUT2D eigenvalue weighted by atomic mass is 35.5. The first-order valence-electron chi connectivity index (χ1n) is 13.6. The van der Waals surface area contributed by atoms with Gasteiger partial charge in [-0.05, 0) is 89.0 Å². The molecule has 2 aliphatic heterocycles. The highest BCUT2D eigenvalue weighted by Gasteiger charge is 2.20.